The van der Waals surface area contributed by atoms with Crippen LogP contribution in [0.2, 0.25) is 0 Å². The predicted octanol–water partition coefficient (Wildman–Crippen LogP) is 6.22. The number of ether oxygens (including phenoxy) is 1. The van der Waals surface area contributed by atoms with Crippen molar-refractivity contribution >= 4 is 40.6 Å². The number of fused-ring (bicyclic) bond motifs is 3. The molecule has 3 aromatic carbocycles. The third-order valence-corrected chi connectivity index (χ3v) is 8.57. The van der Waals surface area contributed by atoms with E-state index in [1.807, 2.05) is 24.3 Å². The van der Waals surface area contributed by atoms with Crippen LogP contribution in [-0.2, 0) is 15.0 Å². The number of carboxylic acid groups (broad SMARTS) is 1. The highest BCUT2D eigenvalue weighted by atomic mass is 19.4. The minimum absolute atomic E-state index is 0.120. The van der Waals surface area contributed by atoms with Crippen LogP contribution >= 0.6 is 0 Å². The number of aromatic nitrogens is 2. The van der Waals surface area contributed by atoms with Crippen molar-refractivity contribution in [3.8, 4) is 5.75 Å². The Labute approximate surface area is 251 Å². The number of anilines is 1. The molecule has 0 bridgehead atoms. The highest BCUT2D eigenvalue weighted by molar-refractivity contribution is 6.09. The van der Waals surface area contributed by atoms with E-state index in [9.17, 15) is 18.0 Å². The fourth-order valence-electron chi connectivity index (χ4n) is 6.08. The molecule has 2 atom stereocenters. The van der Waals surface area contributed by atoms with E-state index in [1.165, 1.54) is 5.56 Å². The van der Waals surface area contributed by atoms with E-state index in [0.717, 1.165) is 71.5 Å². The van der Waals surface area contributed by atoms with Crippen molar-refractivity contribution in [2.24, 2.45) is 0 Å². The number of hydrogen-bond acceptors (Lipinski definition) is 5. The Morgan fingerprint density at radius 1 is 1.07 bits per heavy atom. The number of rotatable bonds is 5. The van der Waals surface area contributed by atoms with Gasteiger partial charge in [0.2, 0.25) is 5.91 Å². The maximum absolute atomic E-state index is 12.9. The van der Waals surface area contributed by atoms with Crippen LogP contribution in [0.3, 0.4) is 0 Å². The summed E-state index contributed by atoms with van der Waals surface area (Å²) in [5, 5.41) is 19.0. The smallest absolute Gasteiger partial charge is 0.490 e. The van der Waals surface area contributed by atoms with E-state index in [-0.39, 0.29) is 11.8 Å². The van der Waals surface area contributed by atoms with Gasteiger partial charge in [-0.3, -0.25) is 9.89 Å². The van der Waals surface area contributed by atoms with E-state index in [4.69, 9.17) is 14.6 Å². The van der Waals surface area contributed by atoms with Gasteiger partial charge in [0.1, 0.15) is 11.9 Å². The van der Waals surface area contributed by atoms with E-state index < -0.39 is 17.6 Å². The summed E-state index contributed by atoms with van der Waals surface area (Å²) in [7, 11) is 2.16. The average molecular weight is 605 g/mol. The summed E-state index contributed by atoms with van der Waals surface area (Å²) in [6.07, 6.45) is 2.35. The first-order chi connectivity index (χ1) is 21.0. The second-order valence-corrected chi connectivity index (χ2v) is 11.5. The number of alkyl halides is 3. The van der Waals surface area contributed by atoms with E-state index in [1.54, 1.807) is 0 Å². The fourth-order valence-corrected chi connectivity index (χ4v) is 6.08. The number of para-hydroxylation sites is 1. The number of carboxylic acids is 1. The standard InChI is InChI=1S/C31H30N4O2.C2HF3O2/c1-35-16-14-23(15-17-35)37-22-10-6-20(7-11-22)8-13-27-24-12-9-21(18-29(24)34-33-27)26-19-31(26)25-4-2-3-5-28(25)32-30(31)36;3-2(4,5)1(6)7/h2-13,18,23,26H,14-17,19H2,1H3,(H,32,36)(H,33,34);(H,6,7)/t26-,31-;/m0./s1. The van der Waals surface area contributed by atoms with Crippen molar-refractivity contribution in [2.75, 3.05) is 25.5 Å². The van der Waals surface area contributed by atoms with Crippen LogP contribution in [-0.4, -0.2) is 64.5 Å². The van der Waals surface area contributed by atoms with Crippen LogP contribution in [0.1, 0.15) is 47.6 Å². The summed E-state index contributed by atoms with van der Waals surface area (Å²) in [5.74, 6) is -1.51. The molecule has 8 nitrogen and oxygen atoms in total. The number of carbonyl (C=O) groups is 2. The Balaban J connectivity index is 0.000000441. The first-order valence-corrected chi connectivity index (χ1v) is 14.4. The Hall–Kier alpha value is -4.64. The number of nitrogens with zero attached hydrogens (tertiary/aromatic N) is 2. The van der Waals surface area contributed by atoms with Gasteiger partial charge < -0.3 is 20.1 Å². The van der Waals surface area contributed by atoms with Crippen LogP contribution < -0.4 is 10.1 Å². The van der Waals surface area contributed by atoms with Crippen molar-refractivity contribution in [3.63, 3.8) is 0 Å². The first kappa shape index (κ1) is 29.4. The van der Waals surface area contributed by atoms with E-state index in [0.29, 0.717) is 6.10 Å². The highest BCUT2D eigenvalue weighted by Crippen LogP contribution is 2.65. The minimum atomic E-state index is -5.08. The summed E-state index contributed by atoms with van der Waals surface area (Å²) >= 11 is 0. The Morgan fingerprint density at radius 2 is 1.77 bits per heavy atom. The molecule has 7 rings (SSSR count). The molecule has 2 aliphatic heterocycles. The lowest BCUT2D eigenvalue weighted by Gasteiger charge is -2.29. The van der Waals surface area contributed by atoms with E-state index >= 15 is 0 Å². The van der Waals surface area contributed by atoms with Gasteiger partial charge >= 0.3 is 12.1 Å². The van der Waals surface area contributed by atoms with Gasteiger partial charge in [0.25, 0.3) is 0 Å². The van der Waals surface area contributed by atoms with Crippen LogP contribution in [0, 0.1) is 0 Å². The van der Waals surface area contributed by atoms with Gasteiger partial charge in [0.15, 0.2) is 0 Å². The van der Waals surface area contributed by atoms with Crippen molar-refractivity contribution in [1.29, 1.82) is 0 Å². The zero-order chi connectivity index (χ0) is 31.1. The summed E-state index contributed by atoms with van der Waals surface area (Å²) in [5.41, 5.74) is 5.84. The van der Waals surface area contributed by atoms with Gasteiger partial charge in [-0.25, -0.2) is 4.79 Å². The molecular formula is C33H31F3N4O4. The molecule has 1 aliphatic carbocycles. The first-order valence-electron chi connectivity index (χ1n) is 14.4. The lowest BCUT2D eigenvalue weighted by molar-refractivity contribution is -0.192. The van der Waals surface area contributed by atoms with Gasteiger partial charge in [-0.2, -0.15) is 18.3 Å². The van der Waals surface area contributed by atoms with Gasteiger partial charge in [-0.1, -0.05) is 48.5 Å². The van der Waals surface area contributed by atoms with Crippen molar-refractivity contribution < 1.29 is 32.6 Å². The number of amides is 1. The van der Waals surface area contributed by atoms with Gasteiger partial charge in [0, 0.05) is 30.1 Å². The number of piperidine rings is 1. The molecule has 44 heavy (non-hydrogen) atoms. The molecule has 11 heteroatoms. The lowest BCUT2D eigenvalue weighted by atomic mass is 9.92. The molecule has 1 spiro atoms. The number of aromatic amines is 1. The molecule has 3 aliphatic rings. The van der Waals surface area contributed by atoms with Crippen molar-refractivity contribution in [1.82, 2.24) is 15.1 Å². The third-order valence-electron chi connectivity index (χ3n) is 8.57. The maximum atomic E-state index is 12.9. The number of benzene rings is 3. The largest absolute Gasteiger partial charge is 0.490 e. The molecule has 0 radical (unpaired) electrons. The molecule has 1 amide bonds. The molecule has 1 saturated carbocycles. The quantitative estimate of drug-likeness (QED) is 0.250. The molecule has 1 saturated heterocycles. The Bertz CT molecular complexity index is 1730. The zero-order valence-corrected chi connectivity index (χ0v) is 23.9. The molecular weight excluding hydrogens is 573 g/mol. The van der Waals surface area contributed by atoms with Crippen LogP contribution in [0.25, 0.3) is 23.1 Å². The molecule has 3 heterocycles. The van der Waals surface area contributed by atoms with E-state index in [2.05, 4.69) is 82.1 Å². The molecule has 228 valence electrons. The minimum Gasteiger partial charge on any atom is -0.490 e. The predicted molar refractivity (Wildman–Crippen MR) is 160 cm³/mol. The van der Waals surface area contributed by atoms with Crippen LogP contribution in [0.5, 0.6) is 5.75 Å². The molecule has 0 unspecified atom stereocenters. The molecule has 4 aromatic rings. The lowest BCUT2D eigenvalue weighted by Crippen LogP contribution is -2.35. The fraction of sp³-hybridized carbons (Fsp3) is 0.303. The number of nitrogens with one attached hydrogen (secondary N) is 2. The average Bonchev–Trinajstić information content (AvgIpc) is 3.54. The number of H-pyrrole nitrogens is 1. The molecule has 2 fully saturated rings. The number of hydrogen-bond donors (Lipinski definition) is 3. The monoisotopic (exact) mass is 604 g/mol. The number of halogens is 3. The third kappa shape index (κ3) is 5.79. The van der Waals surface area contributed by atoms with Crippen LogP contribution in [0.15, 0.2) is 66.7 Å². The summed E-state index contributed by atoms with van der Waals surface area (Å²) in [6.45, 7) is 2.19. The molecule has 1 aromatic heterocycles. The van der Waals surface area contributed by atoms with Crippen molar-refractivity contribution in [2.45, 2.75) is 42.9 Å². The molecule has 3 N–H and O–H groups in total. The second-order valence-electron chi connectivity index (χ2n) is 11.5. The van der Waals surface area contributed by atoms with Crippen LogP contribution in [0.4, 0.5) is 18.9 Å². The summed E-state index contributed by atoms with van der Waals surface area (Å²) in [6, 6.07) is 22.8. The maximum Gasteiger partial charge on any atom is 0.490 e. The van der Waals surface area contributed by atoms with Gasteiger partial charge in [-0.05, 0) is 73.3 Å². The topological polar surface area (TPSA) is 108 Å². The SMILES string of the molecule is CN1CCC(Oc2ccc(C=Cc3n[nH]c4cc([C@@H]5C[C@@]56C(=O)Nc5ccccc56)ccc34)cc2)CC1.O=C(O)C(F)(F)F. The number of likely N-dealkylation sites (tertiary alicyclic amines) is 1. The Kier molecular flexibility index (Phi) is 7.66. The highest BCUT2D eigenvalue weighted by Gasteiger charge is 2.65. The van der Waals surface area contributed by atoms with Crippen molar-refractivity contribution in [3.05, 3.63) is 89.1 Å². The zero-order valence-electron chi connectivity index (χ0n) is 23.9. The van der Waals surface area contributed by atoms with Gasteiger partial charge in [-0.15, -0.1) is 0 Å². The summed E-state index contributed by atoms with van der Waals surface area (Å²) < 4.78 is 37.9. The Morgan fingerprint density at radius 3 is 2.48 bits per heavy atom. The van der Waals surface area contributed by atoms with Gasteiger partial charge in [0.05, 0.1) is 16.6 Å². The number of carbonyl (C=O) groups excluding carboxylic acids is 1. The number of aliphatic carboxylic acids is 1. The second kappa shape index (κ2) is 11.5. The normalized spacial score (nSPS) is 21.6. The summed E-state index contributed by atoms with van der Waals surface area (Å²) in [4.78, 5) is 24.1.